The first kappa shape index (κ1) is 25.1. The van der Waals surface area contributed by atoms with Crippen LogP contribution < -0.4 is 5.32 Å². The number of benzene rings is 1. The zero-order chi connectivity index (χ0) is 25.3. The Morgan fingerprint density at radius 3 is 2.83 bits per heavy atom. The number of rotatable bonds is 6. The third-order valence-corrected chi connectivity index (χ3v) is 6.93. The number of piperidine rings is 1. The van der Waals surface area contributed by atoms with Crippen LogP contribution in [0.25, 0.3) is 0 Å². The minimum atomic E-state index is -3.11. The van der Waals surface area contributed by atoms with Crippen LogP contribution in [0, 0.1) is 5.82 Å². The highest BCUT2D eigenvalue weighted by Gasteiger charge is 2.44. The van der Waals surface area contributed by atoms with Gasteiger partial charge in [-0.3, -0.25) is 14.7 Å². The van der Waals surface area contributed by atoms with Crippen LogP contribution in [0.15, 0.2) is 46.0 Å². The lowest BCUT2D eigenvalue weighted by atomic mass is 9.93. The van der Waals surface area contributed by atoms with Gasteiger partial charge in [-0.1, -0.05) is 23.7 Å². The fraction of sp³-hybridized carbons (Fsp3) is 0.364. The molecule has 0 aliphatic carbocycles. The number of carbonyl (C=O) groups is 2. The van der Waals surface area contributed by atoms with Gasteiger partial charge in [0.05, 0.1) is 24.3 Å². The minimum absolute atomic E-state index is 0.0892. The van der Waals surface area contributed by atoms with Crippen LogP contribution in [-0.4, -0.2) is 64.9 Å². The highest BCUT2D eigenvalue weighted by molar-refractivity contribution is 7.11. The van der Waals surface area contributed by atoms with Crippen molar-refractivity contribution < 1.29 is 32.6 Å². The van der Waals surface area contributed by atoms with Gasteiger partial charge in [-0.15, -0.1) is 11.3 Å². The van der Waals surface area contributed by atoms with Gasteiger partial charge in [0.15, 0.2) is 10.8 Å². The van der Waals surface area contributed by atoms with Crippen molar-refractivity contribution in [2.24, 2.45) is 4.99 Å². The monoisotopic (exact) mass is 528 g/mol. The van der Waals surface area contributed by atoms with Gasteiger partial charge in [0.25, 0.3) is 5.92 Å². The van der Waals surface area contributed by atoms with E-state index < -0.39 is 48.7 Å². The van der Waals surface area contributed by atoms with E-state index in [1.807, 2.05) is 0 Å². The number of ether oxygens (including phenoxy) is 1. The molecule has 2 atom stereocenters. The lowest BCUT2D eigenvalue weighted by Crippen LogP contribution is -2.54. The van der Waals surface area contributed by atoms with E-state index in [1.54, 1.807) is 5.38 Å². The number of halogens is 4. The highest BCUT2D eigenvalue weighted by atomic mass is 35.5. The number of nitrogens with zero attached hydrogens (tertiary/aromatic N) is 3. The molecule has 1 saturated heterocycles. The fourth-order valence-electron chi connectivity index (χ4n) is 4.14. The number of hydrogen-bond donors (Lipinski definition) is 2. The first-order valence-electron chi connectivity index (χ1n) is 10.5. The first-order valence-corrected chi connectivity index (χ1v) is 11.7. The molecule has 1 fully saturated rings. The van der Waals surface area contributed by atoms with Gasteiger partial charge in [-0.2, -0.15) is 0 Å². The van der Waals surface area contributed by atoms with Gasteiger partial charge >= 0.3 is 11.9 Å². The average molecular weight is 529 g/mol. The number of aromatic nitrogens is 1. The van der Waals surface area contributed by atoms with Crippen molar-refractivity contribution in [3.05, 3.63) is 62.5 Å². The summed E-state index contributed by atoms with van der Waals surface area (Å²) in [5.41, 5.74) is 0.142. The Morgan fingerprint density at radius 2 is 2.17 bits per heavy atom. The van der Waals surface area contributed by atoms with Gasteiger partial charge in [0.2, 0.25) is 0 Å². The van der Waals surface area contributed by atoms with Crippen molar-refractivity contribution in [2.75, 3.05) is 20.2 Å². The number of esters is 1. The number of likely N-dealkylation sites (tertiary alicyclic amines) is 1. The molecule has 0 bridgehead atoms. The van der Waals surface area contributed by atoms with Crippen molar-refractivity contribution >= 4 is 40.7 Å². The molecule has 0 radical (unpaired) electrons. The number of methoxy groups -OCH3 is 1. The number of amidine groups is 1. The van der Waals surface area contributed by atoms with Gasteiger partial charge in [-0.05, 0) is 12.5 Å². The average Bonchev–Trinajstić information content (AvgIpc) is 3.34. The molecule has 8 nitrogen and oxygen atoms in total. The zero-order valence-corrected chi connectivity index (χ0v) is 19.9. The Bertz CT molecular complexity index is 1210. The van der Waals surface area contributed by atoms with Gasteiger partial charge < -0.3 is 15.2 Å². The lowest BCUT2D eigenvalue weighted by Gasteiger charge is -2.38. The Balaban J connectivity index is 1.85. The molecule has 3 heterocycles. The molecule has 35 heavy (non-hydrogen) atoms. The van der Waals surface area contributed by atoms with E-state index in [-0.39, 0.29) is 40.7 Å². The van der Waals surface area contributed by atoms with Gasteiger partial charge in [0.1, 0.15) is 17.9 Å². The number of thiazole rings is 1. The van der Waals surface area contributed by atoms with E-state index >= 15 is 0 Å². The maximum absolute atomic E-state index is 14.3. The highest BCUT2D eigenvalue weighted by Crippen LogP contribution is 2.38. The summed E-state index contributed by atoms with van der Waals surface area (Å²) in [5, 5.41) is 14.4. The Morgan fingerprint density at radius 1 is 1.40 bits per heavy atom. The van der Waals surface area contributed by atoms with Crippen LogP contribution in [-0.2, 0) is 14.3 Å². The SMILES string of the molecule is COC(=O)C1=C(CN2CC(F)(F)CCC2C(=O)O)NC(c2nccs2)=NC1c1cccc(F)c1Cl. The van der Waals surface area contributed by atoms with Crippen LogP contribution in [0.5, 0.6) is 0 Å². The summed E-state index contributed by atoms with van der Waals surface area (Å²) in [6, 6.07) is 1.68. The topological polar surface area (TPSA) is 104 Å². The number of aliphatic imine (C=N–C) groups is 1. The summed E-state index contributed by atoms with van der Waals surface area (Å²) in [5.74, 6) is -5.75. The van der Waals surface area contributed by atoms with Gasteiger partial charge in [-0.25, -0.2) is 22.9 Å². The van der Waals surface area contributed by atoms with E-state index in [4.69, 9.17) is 16.3 Å². The maximum atomic E-state index is 14.3. The quantitative estimate of drug-likeness (QED) is 0.552. The second-order valence-corrected chi connectivity index (χ2v) is 9.30. The number of carboxylic acids is 1. The zero-order valence-electron chi connectivity index (χ0n) is 18.3. The summed E-state index contributed by atoms with van der Waals surface area (Å²) in [7, 11) is 1.13. The van der Waals surface area contributed by atoms with Crippen LogP contribution in [0.1, 0.15) is 29.5 Å². The number of hydrogen-bond acceptors (Lipinski definition) is 8. The number of carbonyl (C=O) groups excluding carboxylic acids is 1. The van der Waals surface area contributed by atoms with Crippen LogP contribution in [0.3, 0.4) is 0 Å². The summed E-state index contributed by atoms with van der Waals surface area (Å²) in [4.78, 5) is 34.5. The number of carboxylic acid groups (broad SMARTS) is 1. The molecular formula is C22H20ClF3N4O4S. The predicted molar refractivity (Wildman–Crippen MR) is 122 cm³/mol. The molecule has 2 aromatic rings. The minimum Gasteiger partial charge on any atom is -0.480 e. The standard InChI is InChI=1S/C22H20ClF3N4O4S/c1-34-21(33)15-13(9-30-10-22(25,26)6-5-14(30)20(31)32)28-18(19-27-7-8-35-19)29-17(15)11-3-2-4-12(24)16(11)23/h2-4,7-8,14,17H,5-6,9-10H2,1H3,(H,28,29)(H,31,32). The Hall–Kier alpha value is -2.96. The van der Waals surface area contributed by atoms with Crippen LogP contribution in [0.2, 0.25) is 5.02 Å². The van der Waals surface area contributed by atoms with Crippen molar-refractivity contribution in [1.29, 1.82) is 0 Å². The van der Waals surface area contributed by atoms with E-state index in [1.165, 1.54) is 29.7 Å². The van der Waals surface area contributed by atoms with Crippen LogP contribution >= 0.6 is 22.9 Å². The molecule has 186 valence electrons. The number of aliphatic carboxylic acids is 1. The first-order chi connectivity index (χ1) is 16.6. The molecule has 2 aliphatic rings. The van der Waals surface area contributed by atoms with E-state index in [9.17, 15) is 27.9 Å². The summed E-state index contributed by atoms with van der Waals surface area (Å²) in [6.45, 7) is -1.18. The Kier molecular flexibility index (Phi) is 7.15. The number of alkyl halides is 2. The van der Waals surface area contributed by atoms with Gasteiger partial charge in [0, 0.05) is 35.8 Å². The summed E-state index contributed by atoms with van der Waals surface area (Å²) < 4.78 is 47.8. The fourth-order valence-corrected chi connectivity index (χ4v) is 4.96. The Labute approximate surface area is 207 Å². The van der Waals surface area contributed by atoms with Crippen molar-refractivity contribution in [1.82, 2.24) is 15.2 Å². The molecule has 1 aromatic carbocycles. The van der Waals surface area contributed by atoms with Crippen molar-refractivity contribution in [3.63, 3.8) is 0 Å². The molecule has 0 amide bonds. The largest absolute Gasteiger partial charge is 0.480 e. The lowest BCUT2D eigenvalue weighted by molar-refractivity contribution is -0.151. The second kappa shape index (κ2) is 9.96. The van der Waals surface area contributed by atoms with E-state index in [2.05, 4.69) is 15.3 Å². The molecule has 13 heteroatoms. The molecule has 4 rings (SSSR count). The molecule has 2 aliphatic heterocycles. The van der Waals surface area contributed by atoms with Crippen LogP contribution in [0.4, 0.5) is 13.2 Å². The molecule has 2 unspecified atom stereocenters. The van der Waals surface area contributed by atoms with Crippen molar-refractivity contribution in [3.8, 4) is 0 Å². The normalized spacial score (nSPS) is 22.4. The molecule has 0 saturated carbocycles. The molecule has 0 spiro atoms. The molecule has 1 aromatic heterocycles. The predicted octanol–water partition coefficient (Wildman–Crippen LogP) is 3.64. The molecular weight excluding hydrogens is 509 g/mol. The molecule has 2 N–H and O–H groups in total. The maximum Gasteiger partial charge on any atom is 0.338 e. The third-order valence-electron chi connectivity index (χ3n) is 5.75. The summed E-state index contributed by atoms with van der Waals surface area (Å²) in [6.07, 6.45) is 0.694. The van der Waals surface area contributed by atoms with Crippen molar-refractivity contribution in [2.45, 2.75) is 30.8 Å². The number of nitrogens with one attached hydrogen (secondary N) is 1. The van der Waals surface area contributed by atoms with E-state index in [0.717, 1.165) is 18.1 Å². The van der Waals surface area contributed by atoms with E-state index in [0.29, 0.717) is 5.01 Å². The second-order valence-electron chi connectivity index (χ2n) is 8.02. The smallest absolute Gasteiger partial charge is 0.338 e. The summed E-state index contributed by atoms with van der Waals surface area (Å²) >= 11 is 7.44. The third kappa shape index (κ3) is 5.19.